The van der Waals surface area contributed by atoms with Crippen molar-refractivity contribution in [3.63, 3.8) is 0 Å². The molecule has 0 aliphatic heterocycles. The first-order chi connectivity index (χ1) is 10.6. The van der Waals surface area contributed by atoms with Crippen LogP contribution in [0.25, 0.3) is 0 Å². The molecular weight excluding hydrogens is 300 g/mol. The monoisotopic (exact) mass is 318 g/mol. The summed E-state index contributed by atoms with van der Waals surface area (Å²) in [6, 6.07) is 9.15. The third-order valence-electron chi connectivity index (χ3n) is 2.99. The molecule has 116 valence electrons. The number of anilines is 1. The maximum absolute atomic E-state index is 12.0. The number of amides is 2. The first kappa shape index (κ1) is 16.0. The predicted octanol–water partition coefficient (Wildman–Crippen LogP) is 2.57. The fraction of sp³-hybridized carbons (Fsp3) is 0.250. The Hall–Kier alpha value is -2.34. The highest BCUT2D eigenvalue weighted by molar-refractivity contribution is 7.07. The summed E-state index contributed by atoms with van der Waals surface area (Å²) in [5.41, 5.74) is 6.83. The standard InChI is InChI=1S/C16H18N2O3S/c17-15(19)7-9-21-14-4-2-1-3-13(14)18-16(20)6-5-12-8-10-22-11-12/h1-4,8,10-11H,5-7,9H2,(H2,17,19)(H,18,20). The molecule has 2 aromatic rings. The predicted molar refractivity (Wildman–Crippen MR) is 87.0 cm³/mol. The first-order valence-electron chi connectivity index (χ1n) is 6.96. The van der Waals surface area contributed by atoms with Crippen molar-refractivity contribution < 1.29 is 14.3 Å². The van der Waals surface area contributed by atoms with E-state index >= 15 is 0 Å². The van der Waals surface area contributed by atoms with Gasteiger partial charge in [-0.1, -0.05) is 12.1 Å². The fourth-order valence-electron chi connectivity index (χ4n) is 1.86. The summed E-state index contributed by atoms with van der Waals surface area (Å²) in [5, 5.41) is 6.87. The Kier molecular flexibility index (Phi) is 5.97. The van der Waals surface area contributed by atoms with Gasteiger partial charge in [-0.25, -0.2) is 0 Å². The lowest BCUT2D eigenvalue weighted by atomic mass is 10.2. The number of benzene rings is 1. The minimum atomic E-state index is -0.419. The zero-order valence-corrected chi connectivity index (χ0v) is 12.9. The minimum Gasteiger partial charge on any atom is -0.491 e. The van der Waals surface area contributed by atoms with Crippen LogP contribution in [0.15, 0.2) is 41.1 Å². The molecule has 2 rings (SSSR count). The molecule has 0 atom stereocenters. The van der Waals surface area contributed by atoms with Gasteiger partial charge < -0.3 is 15.8 Å². The highest BCUT2D eigenvalue weighted by Gasteiger charge is 2.08. The van der Waals surface area contributed by atoms with Gasteiger partial charge in [-0.15, -0.1) is 0 Å². The number of hydrogen-bond donors (Lipinski definition) is 2. The minimum absolute atomic E-state index is 0.0721. The molecule has 0 saturated carbocycles. The Labute approximate surface area is 133 Å². The highest BCUT2D eigenvalue weighted by atomic mass is 32.1. The van der Waals surface area contributed by atoms with Crippen LogP contribution < -0.4 is 15.8 Å². The van der Waals surface area contributed by atoms with Gasteiger partial charge in [0.15, 0.2) is 0 Å². The van der Waals surface area contributed by atoms with Crippen LogP contribution >= 0.6 is 11.3 Å². The number of para-hydroxylation sites is 2. The smallest absolute Gasteiger partial charge is 0.224 e. The summed E-state index contributed by atoms with van der Waals surface area (Å²) >= 11 is 1.62. The van der Waals surface area contributed by atoms with Gasteiger partial charge in [0.2, 0.25) is 11.8 Å². The number of carbonyl (C=O) groups is 2. The number of ether oxygens (including phenoxy) is 1. The lowest BCUT2D eigenvalue weighted by Gasteiger charge is -2.11. The first-order valence-corrected chi connectivity index (χ1v) is 7.90. The van der Waals surface area contributed by atoms with E-state index in [0.717, 1.165) is 5.56 Å². The van der Waals surface area contributed by atoms with Crippen molar-refractivity contribution in [2.75, 3.05) is 11.9 Å². The number of carbonyl (C=O) groups excluding carboxylic acids is 2. The van der Waals surface area contributed by atoms with E-state index in [2.05, 4.69) is 5.32 Å². The molecule has 0 aliphatic carbocycles. The number of nitrogens with two attached hydrogens (primary N) is 1. The number of hydrogen-bond acceptors (Lipinski definition) is 4. The molecule has 1 aromatic carbocycles. The summed E-state index contributed by atoms with van der Waals surface area (Å²) in [6.07, 6.45) is 1.26. The fourth-order valence-corrected chi connectivity index (χ4v) is 2.57. The van der Waals surface area contributed by atoms with Gasteiger partial charge in [-0.3, -0.25) is 9.59 Å². The van der Waals surface area contributed by atoms with Gasteiger partial charge in [0, 0.05) is 6.42 Å². The van der Waals surface area contributed by atoms with Crippen LogP contribution in [0.3, 0.4) is 0 Å². The number of nitrogens with one attached hydrogen (secondary N) is 1. The summed E-state index contributed by atoms with van der Waals surface area (Å²) in [7, 11) is 0. The van der Waals surface area contributed by atoms with Gasteiger partial charge in [-0.2, -0.15) is 11.3 Å². The molecule has 1 heterocycles. The van der Waals surface area contributed by atoms with Crippen LogP contribution in [0.1, 0.15) is 18.4 Å². The average Bonchev–Trinajstić information content (AvgIpc) is 3.00. The summed E-state index contributed by atoms with van der Waals surface area (Å²) < 4.78 is 5.49. The Balaban J connectivity index is 1.88. The zero-order valence-electron chi connectivity index (χ0n) is 12.1. The van der Waals surface area contributed by atoms with Crippen LogP contribution in [0.4, 0.5) is 5.69 Å². The molecule has 0 radical (unpaired) electrons. The van der Waals surface area contributed by atoms with Crippen molar-refractivity contribution in [1.82, 2.24) is 0 Å². The number of aryl methyl sites for hydroxylation is 1. The highest BCUT2D eigenvalue weighted by Crippen LogP contribution is 2.24. The number of rotatable bonds is 8. The van der Waals surface area contributed by atoms with Gasteiger partial charge in [0.25, 0.3) is 0 Å². The molecule has 0 unspecified atom stereocenters. The molecule has 2 amide bonds. The zero-order chi connectivity index (χ0) is 15.8. The molecule has 1 aromatic heterocycles. The van der Waals surface area contributed by atoms with Crippen molar-refractivity contribution in [3.8, 4) is 5.75 Å². The van der Waals surface area contributed by atoms with E-state index in [-0.39, 0.29) is 18.9 Å². The Morgan fingerprint density at radius 1 is 1.18 bits per heavy atom. The van der Waals surface area contributed by atoms with E-state index in [1.165, 1.54) is 0 Å². The van der Waals surface area contributed by atoms with Crippen molar-refractivity contribution >= 4 is 28.8 Å². The molecule has 0 aliphatic rings. The molecule has 22 heavy (non-hydrogen) atoms. The number of primary amides is 1. The van der Waals surface area contributed by atoms with E-state index in [4.69, 9.17) is 10.5 Å². The summed E-state index contributed by atoms with van der Waals surface area (Å²) in [6.45, 7) is 0.192. The van der Waals surface area contributed by atoms with Crippen LogP contribution in [-0.2, 0) is 16.0 Å². The third-order valence-corrected chi connectivity index (χ3v) is 3.72. The van der Waals surface area contributed by atoms with Crippen LogP contribution in [0.5, 0.6) is 5.75 Å². The maximum Gasteiger partial charge on any atom is 0.224 e. The van der Waals surface area contributed by atoms with Crippen molar-refractivity contribution in [2.45, 2.75) is 19.3 Å². The largest absolute Gasteiger partial charge is 0.491 e. The van der Waals surface area contributed by atoms with Crippen LogP contribution in [-0.4, -0.2) is 18.4 Å². The average molecular weight is 318 g/mol. The van der Waals surface area contributed by atoms with Crippen LogP contribution in [0.2, 0.25) is 0 Å². The molecule has 0 saturated heterocycles. The Morgan fingerprint density at radius 3 is 2.73 bits per heavy atom. The van der Waals surface area contributed by atoms with Gasteiger partial charge in [-0.05, 0) is 40.9 Å². The molecule has 0 spiro atoms. The van der Waals surface area contributed by atoms with E-state index in [1.54, 1.807) is 29.5 Å². The molecular formula is C16H18N2O3S. The molecule has 3 N–H and O–H groups in total. The topological polar surface area (TPSA) is 81.4 Å². The van der Waals surface area contributed by atoms with E-state index in [1.807, 2.05) is 22.9 Å². The lowest BCUT2D eigenvalue weighted by Crippen LogP contribution is -2.16. The molecule has 5 nitrogen and oxygen atoms in total. The normalized spacial score (nSPS) is 10.2. The Morgan fingerprint density at radius 2 is 2.00 bits per heavy atom. The van der Waals surface area contributed by atoms with Crippen molar-refractivity contribution in [2.24, 2.45) is 5.73 Å². The van der Waals surface area contributed by atoms with E-state index in [9.17, 15) is 9.59 Å². The quantitative estimate of drug-likeness (QED) is 0.785. The second-order valence-electron chi connectivity index (χ2n) is 4.74. The molecule has 0 bridgehead atoms. The van der Waals surface area contributed by atoms with E-state index < -0.39 is 5.91 Å². The van der Waals surface area contributed by atoms with Gasteiger partial charge in [0.1, 0.15) is 5.75 Å². The molecule has 0 fully saturated rings. The molecule has 6 heteroatoms. The lowest BCUT2D eigenvalue weighted by molar-refractivity contribution is -0.118. The summed E-state index contributed by atoms with van der Waals surface area (Å²) in [5.74, 6) is 0.0436. The van der Waals surface area contributed by atoms with Crippen molar-refractivity contribution in [1.29, 1.82) is 0 Å². The Bertz CT molecular complexity index is 626. The second kappa shape index (κ2) is 8.19. The maximum atomic E-state index is 12.0. The number of thiophene rings is 1. The van der Waals surface area contributed by atoms with Gasteiger partial charge in [0.05, 0.1) is 18.7 Å². The van der Waals surface area contributed by atoms with Crippen LogP contribution in [0, 0.1) is 0 Å². The van der Waals surface area contributed by atoms with Gasteiger partial charge >= 0.3 is 0 Å². The third kappa shape index (κ3) is 5.21. The second-order valence-corrected chi connectivity index (χ2v) is 5.52. The van der Waals surface area contributed by atoms with Crippen molar-refractivity contribution in [3.05, 3.63) is 46.7 Å². The SMILES string of the molecule is NC(=O)CCOc1ccccc1NC(=O)CCc1ccsc1. The van der Waals surface area contributed by atoms with E-state index in [0.29, 0.717) is 24.3 Å². The summed E-state index contributed by atoms with van der Waals surface area (Å²) in [4.78, 5) is 22.7.